The fourth-order valence-corrected chi connectivity index (χ4v) is 3.04. The maximum Gasteiger partial charge on any atom is 0.469 e. The van der Waals surface area contributed by atoms with Crippen molar-refractivity contribution in [3.8, 4) is 0 Å². The van der Waals surface area contributed by atoms with Crippen molar-refractivity contribution in [1.82, 2.24) is 19.5 Å². The molecule has 0 saturated carbocycles. The molecule has 0 spiro atoms. The Balaban J connectivity index is 1.90. The number of hydrogen-bond acceptors (Lipinski definition) is 8. The zero-order valence-electron chi connectivity index (χ0n) is 11.9. The summed E-state index contributed by atoms with van der Waals surface area (Å²) in [6, 6.07) is 0. The van der Waals surface area contributed by atoms with Gasteiger partial charge in [-0.05, 0) is 11.6 Å². The number of fused-ring (bicyclic) bond motifs is 1. The molecular formula is C10H13ClN5O7P. The summed E-state index contributed by atoms with van der Waals surface area (Å²) in [5.41, 5.74) is 4.93. The summed E-state index contributed by atoms with van der Waals surface area (Å²) in [4.78, 5) is 39.4. The lowest BCUT2D eigenvalue weighted by atomic mass is 10.2. The van der Waals surface area contributed by atoms with Gasteiger partial charge in [-0.2, -0.15) is 4.98 Å². The standard InChI is InChI=1S/C10H13ClN5O7P/c11-9-13-6-7(14-10(12)15-8(6)18)16(9)5-1-3(17)4(23-5)2-22-24(19,20)21/h3-5,17H,1-2H2,(H2,19,20,21)(H3,12,14,15,18)/t3-,4+,5+/m0/s1. The highest BCUT2D eigenvalue weighted by atomic mass is 35.5. The van der Waals surface area contributed by atoms with Gasteiger partial charge in [-0.3, -0.25) is 18.9 Å². The molecule has 1 fully saturated rings. The van der Waals surface area contributed by atoms with E-state index in [4.69, 9.17) is 31.9 Å². The topological polar surface area (TPSA) is 186 Å². The number of nitrogens with one attached hydrogen (secondary N) is 1. The van der Waals surface area contributed by atoms with E-state index in [1.54, 1.807) is 0 Å². The monoisotopic (exact) mass is 381 g/mol. The lowest BCUT2D eigenvalue weighted by Gasteiger charge is -2.16. The van der Waals surface area contributed by atoms with Crippen molar-refractivity contribution in [1.29, 1.82) is 0 Å². The Kier molecular flexibility index (Phi) is 4.38. The number of nitrogens with two attached hydrogens (primary N) is 1. The van der Waals surface area contributed by atoms with Crippen LogP contribution in [0.5, 0.6) is 0 Å². The third-order valence-corrected chi connectivity index (χ3v) is 4.18. The van der Waals surface area contributed by atoms with Crippen molar-refractivity contribution in [3.63, 3.8) is 0 Å². The number of nitrogens with zero attached hydrogens (tertiary/aromatic N) is 3. The largest absolute Gasteiger partial charge is 0.469 e. The first kappa shape index (κ1) is 17.3. The summed E-state index contributed by atoms with van der Waals surface area (Å²) < 4.78 is 21.9. The smallest absolute Gasteiger partial charge is 0.390 e. The number of anilines is 1. The number of aromatic amines is 1. The average Bonchev–Trinajstić information content (AvgIpc) is 2.96. The highest BCUT2D eigenvalue weighted by Crippen LogP contribution is 2.39. The summed E-state index contributed by atoms with van der Waals surface area (Å²) in [6.45, 7) is -0.525. The number of halogens is 1. The number of H-pyrrole nitrogens is 1. The minimum Gasteiger partial charge on any atom is -0.390 e. The van der Waals surface area contributed by atoms with Crippen LogP contribution < -0.4 is 11.3 Å². The van der Waals surface area contributed by atoms with E-state index in [0.717, 1.165) is 0 Å². The predicted octanol–water partition coefficient (Wildman–Crippen LogP) is -0.887. The molecule has 3 rings (SSSR count). The first-order chi connectivity index (χ1) is 11.2. The van der Waals surface area contributed by atoms with Gasteiger partial charge in [-0.1, -0.05) is 0 Å². The summed E-state index contributed by atoms with van der Waals surface area (Å²) in [5.74, 6) is -0.148. The van der Waals surface area contributed by atoms with Gasteiger partial charge in [0.15, 0.2) is 11.2 Å². The van der Waals surface area contributed by atoms with Gasteiger partial charge in [0.1, 0.15) is 12.3 Å². The Morgan fingerprint density at radius 1 is 1.50 bits per heavy atom. The zero-order chi connectivity index (χ0) is 17.6. The second-order valence-corrected chi connectivity index (χ2v) is 6.67. The van der Waals surface area contributed by atoms with Crippen LogP contribution in [0.3, 0.4) is 0 Å². The second-order valence-electron chi connectivity index (χ2n) is 5.09. The lowest BCUT2D eigenvalue weighted by Crippen LogP contribution is -2.25. The van der Waals surface area contributed by atoms with Crippen molar-refractivity contribution in [3.05, 3.63) is 15.6 Å². The number of aliphatic hydroxyl groups is 1. The van der Waals surface area contributed by atoms with Crippen LogP contribution in [0.4, 0.5) is 5.95 Å². The molecule has 2 aromatic heterocycles. The predicted molar refractivity (Wildman–Crippen MR) is 80.1 cm³/mol. The fourth-order valence-electron chi connectivity index (χ4n) is 2.42. The molecule has 1 aliphatic rings. The normalized spacial score (nSPS) is 24.8. The van der Waals surface area contributed by atoms with Gasteiger partial charge < -0.3 is 25.4 Å². The Morgan fingerprint density at radius 3 is 2.88 bits per heavy atom. The number of hydrogen-bond donors (Lipinski definition) is 5. The molecule has 0 aromatic carbocycles. The van der Waals surface area contributed by atoms with Gasteiger partial charge in [-0.15, -0.1) is 0 Å². The van der Waals surface area contributed by atoms with Gasteiger partial charge in [0.05, 0.1) is 12.7 Å². The minimum absolute atomic E-state index is 0.0226. The molecule has 0 aliphatic carbocycles. The third-order valence-electron chi connectivity index (χ3n) is 3.42. The highest BCUT2D eigenvalue weighted by molar-refractivity contribution is 7.46. The maximum absolute atomic E-state index is 11.8. The van der Waals surface area contributed by atoms with Crippen LogP contribution in [0.2, 0.25) is 5.28 Å². The Morgan fingerprint density at radius 2 is 2.21 bits per heavy atom. The summed E-state index contributed by atoms with van der Waals surface area (Å²) >= 11 is 6.02. The van der Waals surface area contributed by atoms with E-state index in [-0.39, 0.29) is 28.8 Å². The molecule has 2 aromatic rings. The van der Waals surface area contributed by atoms with E-state index in [9.17, 15) is 14.5 Å². The molecule has 12 nitrogen and oxygen atoms in total. The van der Waals surface area contributed by atoms with Crippen LogP contribution >= 0.6 is 19.4 Å². The van der Waals surface area contributed by atoms with Crippen molar-refractivity contribution >= 4 is 36.5 Å². The molecule has 0 bridgehead atoms. The number of phosphoric acid groups is 1. The number of imidazole rings is 1. The number of aromatic nitrogens is 4. The highest BCUT2D eigenvalue weighted by Gasteiger charge is 2.38. The Bertz CT molecular complexity index is 878. The van der Waals surface area contributed by atoms with Crippen LogP contribution in [0, 0.1) is 0 Å². The van der Waals surface area contributed by atoms with E-state index < -0.39 is 38.4 Å². The molecule has 0 unspecified atom stereocenters. The number of aliphatic hydroxyl groups excluding tert-OH is 1. The SMILES string of the molecule is Nc1nc2c(nc(Cl)n2[C@H]2C[C@H](O)[C@@H](COP(=O)(O)O)O2)c(=O)[nH]1. The lowest BCUT2D eigenvalue weighted by molar-refractivity contribution is -0.0423. The molecule has 0 amide bonds. The second kappa shape index (κ2) is 6.08. The minimum atomic E-state index is -4.70. The maximum atomic E-state index is 11.8. The van der Waals surface area contributed by atoms with Crippen molar-refractivity contribution in [2.24, 2.45) is 0 Å². The molecular weight excluding hydrogens is 369 g/mol. The molecule has 3 heterocycles. The van der Waals surface area contributed by atoms with Crippen molar-refractivity contribution in [2.45, 2.75) is 24.9 Å². The summed E-state index contributed by atoms with van der Waals surface area (Å²) in [5, 5.41) is 9.87. The van der Waals surface area contributed by atoms with Gasteiger partial charge in [0, 0.05) is 6.42 Å². The van der Waals surface area contributed by atoms with Crippen LogP contribution in [0.25, 0.3) is 11.2 Å². The van der Waals surface area contributed by atoms with E-state index in [2.05, 4.69) is 19.5 Å². The van der Waals surface area contributed by atoms with Crippen molar-refractivity contribution < 1.29 is 28.7 Å². The quantitative estimate of drug-likeness (QED) is 0.328. The van der Waals surface area contributed by atoms with Crippen LogP contribution in [0.1, 0.15) is 12.6 Å². The van der Waals surface area contributed by atoms with Gasteiger partial charge in [-0.25, -0.2) is 9.55 Å². The first-order valence-corrected chi connectivity index (χ1v) is 8.53. The van der Waals surface area contributed by atoms with Gasteiger partial charge in [0.25, 0.3) is 5.56 Å². The van der Waals surface area contributed by atoms with E-state index >= 15 is 0 Å². The molecule has 1 saturated heterocycles. The van der Waals surface area contributed by atoms with Gasteiger partial charge in [0.2, 0.25) is 11.2 Å². The fraction of sp³-hybridized carbons (Fsp3) is 0.500. The van der Waals surface area contributed by atoms with Gasteiger partial charge >= 0.3 is 7.82 Å². The average molecular weight is 382 g/mol. The van der Waals surface area contributed by atoms with Crippen molar-refractivity contribution in [2.75, 3.05) is 12.3 Å². The van der Waals surface area contributed by atoms with Crippen LogP contribution in [-0.2, 0) is 13.8 Å². The Hall–Kier alpha value is -1.53. The molecule has 6 N–H and O–H groups in total. The van der Waals surface area contributed by atoms with E-state index in [1.165, 1.54) is 4.57 Å². The van der Waals surface area contributed by atoms with Crippen LogP contribution in [-0.4, -0.2) is 53.2 Å². The van der Waals surface area contributed by atoms with E-state index in [0.29, 0.717) is 0 Å². The Labute approximate surface area is 138 Å². The number of phosphoric ester groups is 1. The molecule has 14 heteroatoms. The summed E-state index contributed by atoms with van der Waals surface area (Å²) in [6.07, 6.45) is -2.92. The van der Waals surface area contributed by atoms with E-state index in [1.807, 2.05) is 0 Å². The summed E-state index contributed by atoms with van der Waals surface area (Å²) in [7, 11) is -4.70. The number of ether oxygens (including phenoxy) is 1. The zero-order valence-corrected chi connectivity index (χ0v) is 13.5. The molecule has 132 valence electrons. The molecule has 3 atom stereocenters. The number of rotatable bonds is 4. The molecule has 24 heavy (non-hydrogen) atoms. The first-order valence-electron chi connectivity index (χ1n) is 6.62. The molecule has 0 radical (unpaired) electrons. The third kappa shape index (κ3) is 3.30. The van der Waals surface area contributed by atoms with Crippen LogP contribution in [0.15, 0.2) is 4.79 Å². The molecule has 1 aliphatic heterocycles. The number of nitrogen functional groups attached to an aromatic ring is 1.